The molecule has 1 amide bonds. The fraction of sp³-hybridized carbons (Fsp3) is 0.632. The fourth-order valence-electron chi connectivity index (χ4n) is 3.53. The number of nitrogens with zero attached hydrogens (tertiary/aromatic N) is 1. The van der Waals surface area contributed by atoms with Crippen molar-refractivity contribution in [2.45, 2.75) is 54.0 Å². The first kappa shape index (κ1) is 22.4. The monoisotopic (exact) mass is 412 g/mol. The maximum absolute atomic E-state index is 12.8. The fourth-order valence-corrected chi connectivity index (χ4v) is 4.12. The van der Waals surface area contributed by atoms with E-state index < -0.39 is 15.6 Å². The summed E-state index contributed by atoms with van der Waals surface area (Å²) in [6.07, 6.45) is 0.739. The van der Waals surface area contributed by atoms with Gasteiger partial charge in [-0.25, -0.2) is 5.14 Å². The van der Waals surface area contributed by atoms with E-state index in [-0.39, 0.29) is 11.9 Å². The quantitative estimate of drug-likeness (QED) is 0.663. The predicted octanol–water partition coefficient (Wildman–Crippen LogP) is 2.30. The van der Waals surface area contributed by atoms with Crippen LogP contribution < -0.4 is 20.1 Å². The molecule has 1 unspecified atom stereocenters. The topological polar surface area (TPSA) is 114 Å². The van der Waals surface area contributed by atoms with Gasteiger partial charge in [-0.2, -0.15) is 8.42 Å². The van der Waals surface area contributed by atoms with Gasteiger partial charge in [0.1, 0.15) is 0 Å². The maximum Gasteiger partial charge on any atom is 0.296 e. The number of rotatable bonds is 6. The Morgan fingerprint density at radius 3 is 2.36 bits per heavy atom. The number of amides is 1. The Balaban J connectivity index is 2.70. The number of anilines is 3. The van der Waals surface area contributed by atoms with E-state index >= 15 is 0 Å². The van der Waals surface area contributed by atoms with Crippen LogP contribution in [0.4, 0.5) is 17.1 Å². The second-order valence-corrected chi connectivity index (χ2v) is 9.71. The van der Waals surface area contributed by atoms with Gasteiger partial charge in [0.25, 0.3) is 10.2 Å². The Morgan fingerprint density at radius 1 is 1.25 bits per heavy atom. The normalized spacial score (nSPS) is 16.9. The highest BCUT2D eigenvalue weighted by atomic mass is 32.2. The third kappa shape index (κ3) is 4.59. The minimum absolute atomic E-state index is 0.144. The van der Waals surface area contributed by atoms with E-state index in [1.165, 1.54) is 0 Å². The Kier molecular flexibility index (Phi) is 6.32. The highest BCUT2D eigenvalue weighted by molar-refractivity contribution is 7.90. The van der Waals surface area contributed by atoms with Crippen LogP contribution in [0, 0.1) is 19.3 Å². The molecule has 0 spiro atoms. The Bertz CT molecular complexity index is 875. The van der Waals surface area contributed by atoms with Crippen molar-refractivity contribution < 1.29 is 17.9 Å². The summed E-state index contributed by atoms with van der Waals surface area (Å²) < 4.78 is 31.1. The molecule has 0 fully saturated rings. The predicted molar refractivity (Wildman–Crippen MR) is 113 cm³/mol. The van der Waals surface area contributed by atoms with Gasteiger partial charge < -0.3 is 15.0 Å². The van der Waals surface area contributed by atoms with Crippen LogP contribution in [0.25, 0.3) is 0 Å². The molecule has 1 aromatic carbocycles. The lowest BCUT2D eigenvalue weighted by atomic mass is 9.93. The average molecular weight is 413 g/mol. The molecule has 2 rings (SSSR count). The standard InChI is InChI=1S/C19H32N4O4S/c1-11-10-14-12(2)15(22-28(20,25)26)13(3)16(21-18(24)19(4,5)6)17(14)23(11)8-9-27-7/h11,22H,8-10H2,1-7H3,(H,21,24)(H2,20,25,26). The number of nitrogens with one attached hydrogen (secondary N) is 2. The summed E-state index contributed by atoms with van der Waals surface area (Å²) in [4.78, 5) is 15.0. The molecule has 0 saturated heterocycles. The lowest BCUT2D eigenvalue weighted by Gasteiger charge is -2.30. The zero-order chi connectivity index (χ0) is 21.4. The summed E-state index contributed by atoms with van der Waals surface area (Å²) in [5.74, 6) is -0.144. The number of methoxy groups -OCH3 is 1. The van der Waals surface area contributed by atoms with Crippen molar-refractivity contribution in [1.82, 2.24) is 0 Å². The van der Waals surface area contributed by atoms with Crippen molar-refractivity contribution in [2.75, 3.05) is 35.2 Å². The number of nitrogens with two attached hydrogens (primary N) is 1. The first-order valence-corrected chi connectivity index (χ1v) is 10.9. The number of carbonyl (C=O) groups is 1. The summed E-state index contributed by atoms with van der Waals surface area (Å²) in [6.45, 7) is 12.5. The second kappa shape index (κ2) is 7.88. The van der Waals surface area contributed by atoms with E-state index in [1.54, 1.807) is 14.0 Å². The van der Waals surface area contributed by atoms with Crippen molar-refractivity contribution >= 4 is 33.2 Å². The molecule has 1 aromatic rings. The lowest BCUT2D eigenvalue weighted by Crippen LogP contribution is -2.34. The number of hydrogen-bond donors (Lipinski definition) is 3. The van der Waals surface area contributed by atoms with Crippen molar-refractivity contribution in [1.29, 1.82) is 0 Å². The van der Waals surface area contributed by atoms with Gasteiger partial charge in [0.05, 0.1) is 23.7 Å². The van der Waals surface area contributed by atoms with Gasteiger partial charge in [0.2, 0.25) is 5.91 Å². The summed E-state index contributed by atoms with van der Waals surface area (Å²) >= 11 is 0. The van der Waals surface area contributed by atoms with E-state index in [0.29, 0.717) is 30.1 Å². The summed E-state index contributed by atoms with van der Waals surface area (Å²) in [6, 6.07) is 0.193. The van der Waals surface area contributed by atoms with Gasteiger partial charge in [0.15, 0.2) is 0 Å². The van der Waals surface area contributed by atoms with Crippen LogP contribution in [-0.2, 0) is 26.2 Å². The summed E-state index contributed by atoms with van der Waals surface area (Å²) in [5, 5.41) is 8.27. The highest BCUT2D eigenvalue weighted by Crippen LogP contribution is 2.46. The average Bonchev–Trinajstić information content (AvgIpc) is 2.88. The van der Waals surface area contributed by atoms with Gasteiger partial charge in [0, 0.05) is 25.1 Å². The number of ether oxygens (including phenoxy) is 1. The Hall–Kier alpha value is -1.84. The highest BCUT2D eigenvalue weighted by Gasteiger charge is 2.34. The molecule has 1 aliphatic rings. The van der Waals surface area contributed by atoms with Crippen LogP contribution in [0.5, 0.6) is 0 Å². The van der Waals surface area contributed by atoms with E-state index in [9.17, 15) is 13.2 Å². The molecular weight excluding hydrogens is 380 g/mol. The van der Waals surface area contributed by atoms with Gasteiger partial charge in [-0.05, 0) is 43.9 Å². The third-order valence-corrected chi connectivity index (χ3v) is 5.61. The Labute approximate surface area is 168 Å². The number of benzene rings is 1. The van der Waals surface area contributed by atoms with E-state index in [1.807, 2.05) is 27.7 Å². The number of carbonyl (C=O) groups excluding carboxylic acids is 1. The van der Waals surface area contributed by atoms with Crippen molar-refractivity contribution in [3.8, 4) is 0 Å². The molecule has 1 aliphatic heterocycles. The van der Waals surface area contributed by atoms with Crippen LogP contribution in [-0.4, -0.2) is 40.6 Å². The molecule has 0 aliphatic carbocycles. The van der Waals surface area contributed by atoms with Crippen molar-refractivity contribution in [2.24, 2.45) is 10.6 Å². The van der Waals surface area contributed by atoms with Crippen LogP contribution in [0.3, 0.4) is 0 Å². The first-order valence-electron chi connectivity index (χ1n) is 9.31. The zero-order valence-electron chi connectivity index (χ0n) is 17.8. The molecule has 0 saturated carbocycles. The van der Waals surface area contributed by atoms with Crippen molar-refractivity contribution in [3.05, 3.63) is 16.7 Å². The summed E-state index contributed by atoms with van der Waals surface area (Å²) in [5.41, 5.74) is 3.83. The SMILES string of the molecule is COCCN1c2c(c(C)c(NS(N)(=O)=O)c(C)c2NC(=O)C(C)(C)C)CC1C. The molecular formula is C19H32N4O4S. The molecule has 1 atom stereocenters. The third-order valence-electron chi connectivity index (χ3n) is 5.12. The molecule has 158 valence electrons. The lowest BCUT2D eigenvalue weighted by molar-refractivity contribution is -0.123. The molecule has 1 heterocycles. The van der Waals surface area contributed by atoms with Crippen LogP contribution >= 0.6 is 0 Å². The van der Waals surface area contributed by atoms with Gasteiger partial charge >= 0.3 is 0 Å². The van der Waals surface area contributed by atoms with Gasteiger partial charge in [-0.3, -0.25) is 9.52 Å². The maximum atomic E-state index is 12.8. The molecule has 9 heteroatoms. The van der Waals surface area contributed by atoms with Crippen LogP contribution in [0.1, 0.15) is 44.4 Å². The largest absolute Gasteiger partial charge is 0.383 e. The van der Waals surface area contributed by atoms with Crippen molar-refractivity contribution in [3.63, 3.8) is 0 Å². The number of hydrogen-bond acceptors (Lipinski definition) is 5. The van der Waals surface area contributed by atoms with Crippen LogP contribution in [0.2, 0.25) is 0 Å². The van der Waals surface area contributed by atoms with E-state index in [4.69, 9.17) is 9.88 Å². The Morgan fingerprint density at radius 2 is 1.86 bits per heavy atom. The minimum Gasteiger partial charge on any atom is -0.383 e. The van der Waals surface area contributed by atoms with E-state index in [2.05, 4.69) is 21.9 Å². The molecule has 28 heavy (non-hydrogen) atoms. The molecule has 0 radical (unpaired) electrons. The molecule has 0 aromatic heterocycles. The molecule has 4 N–H and O–H groups in total. The molecule has 8 nitrogen and oxygen atoms in total. The first-order chi connectivity index (χ1) is 12.8. The van der Waals surface area contributed by atoms with Crippen LogP contribution in [0.15, 0.2) is 0 Å². The smallest absolute Gasteiger partial charge is 0.296 e. The number of fused-ring (bicyclic) bond motifs is 1. The van der Waals surface area contributed by atoms with Gasteiger partial charge in [-0.1, -0.05) is 20.8 Å². The minimum atomic E-state index is -3.95. The van der Waals surface area contributed by atoms with Gasteiger partial charge in [-0.15, -0.1) is 0 Å². The van der Waals surface area contributed by atoms with E-state index in [0.717, 1.165) is 23.2 Å². The molecule has 0 bridgehead atoms. The second-order valence-electron chi connectivity index (χ2n) is 8.42. The zero-order valence-corrected chi connectivity index (χ0v) is 18.6. The summed E-state index contributed by atoms with van der Waals surface area (Å²) in [7, 11) is -2.30.